The number of anilines is 1. The van der Waals surface area contributed by atoms with Crippen molar-refractivity contribution in [2.24, 2.45) is 7.05 Å². The van der Waals surface area contributed by atoms with Crippen LogP contribution in [-0.2, 0) is 20.0 Å². The highest BCUT2D eigenvalue weighted by Crippen LogP contribution is 2.16. The molecule has 0 bridgehead atoms. The van der Waals surface area contributed by atoms with Crippen molar-refractivity contribution < 1.29 is 0 Å². The van der Waals surface area contributed by atoms with Crippen LogP contribution >= 0.6 is 0 Å². The van der Waals surface area contributed by atoms with E-state index in [1.165, 1.54) is 4.68 Å². The summed E-state index contributed by atoms with van der Waals surface area (Å²) < 4.78 is 3.05. The van der Waals surface area contributed by atoms with Crippen molar-refractivity contribution in [3.8, 4) is 0 Å². The second-order valence-corrected chi connectivity index (χ2v) is 4.41. The molecule has 1 aliphatic heterocycles. The molecule has 7 heteroatoms. The van der Waals surface area contributed by atoms with Gasteiger partial charge in [0, 0.05) is 19.7 Å². The Hall–Kier alpha value is -2.18. The first kappa shape index (κ1) is 10.9. The van der Waals surface area contributed by atoms with Gasteiger partial charge < -0.3 is 5.32 Å². The first-order valence-corrected chi connectivity index (χ1v) is 5.92. The van der Waals surface area contributed by atoms with Gasteiger partial charge in [0.15, 0.2) is 0 Å². The van der Waals surface area contributed by atoms with Crippen LogP contribution in [0.2, 0.25) is 0 Å². The predicted molar refractivity (Wildman–Crippen MR) is 65.4 cm³/mol. The second-order valence-electron chi connectivity index (χ2n) is 4.41. The number of nitrogens with zero attached hydrogens (tertiary/aromatic N) is 5. The lowest BCUT2D eigenvalue weighted by atomic mass is 10.1. The van der Waals surface area contributed by atoms with E-state index >= 15 is 0 Å². The topological polar surface area (TPSA) is 77.6 Å². The van der Waals surface area contributed by atoms with E-state index < -0.39 is 0 Å². The average Bonchev–Trinajstić information content (AvgIpc) is 2.76. The SMILES string of the molecule is Cn1cc(Cn2nc3c(cc2=O)NCCC3)nn1. The Morgan fingerprint density at radius 2 is 2.39 bits per heavy atom. The number of hydrogen-bond acceptors (Lipinski definition) is 5. The molecule has 0 saturated heterocycles. The molecule has 3 rings (SSSR count). The van der Waals surface area contributed by atoms with Crippen molar-refractivity contribution in [2.75, 3.05) is 11.9 Å². The number of aryl methyl sites for hydroxylation is 2. The van der Waals surface area contributed by atoms with Gasteiger partial charge in [-0.1, -0.05) is 5.21 Å². The maximum Gasteiger partial charge on any atom is 0.269 e. The molecule has 0 fully saturated rings. The molecule has 7 nitrogen and oxygen atoms in total. The molecule has 1 N–H and O–H groups in total. The third-order valence-corrected chi connectivity index (χ3v) is 2.94. The van der Waals surface area contributed by atoms with Crippen LogP contribution in [0.15, 0.2) is 17.1 Å². The van der Waals surface area contributed by atoms with Gasteiger partial charge in [0.1, 0.15) is 5.69 Å². The van der Waals surface area contributed by atoms with Gasteiger partial charge in [0.25, 0.3) is 5.56 Å². The molecule has 3 heterocycles. The molecule has 0 aliphatic carbocycles. The normalized spacial score (nSPS) is 14.1. The lowest BCUT2D eigenvalue weighted by Crippen LogP contribution is -2.27. The van der Waals surface area contributed by atoms with Gasteiger partial charge in [-0.25, -0.2) is 4.68 Å². The third-order valence-electron chi connectivity index (χ3n) is 2.94. The minimum Gasteiger partial charge on any atom is -0.383 e. The summed E-state index contributed by atoms with van der Waals surface area (Å²) >= 11 is 0. The molecule has 0 radical (unpaired) electrons. The Morgan fingerprint density at radius 3 is 3.17 bits per heavy atom. The molecule has 2 aromatic heterocycles. The highest BCUT2D eigenvalue weighted by molar-refractivity contribution is 5.48. The standard InChI is InChI=1S/C11H14N6O/c1-16-6-8(13-15-16)7-17-11(18)5-10-9(14-17)3-2-4-12-10/h5-6,12H,2-4,7H2,1H3. The molecule has 0 atom stereocenters. The van der Waals surface area contributed by atoms with Gasteiger partial charge in [-0.3, -0.25) is 9.48 Å². The summed E-state index contributed by atoms with van der Waals surface area (Å²) in [6.07, 6.45) is 3.73. The van der Waals surface area contributed by atoms with Gasteiger partial charge in [-0.15, -0.1) is 5.10 Å². The lowest BCUT2D eigenvalue weighted by Gasteiger charge is -2.17. The number of rotatable bonds is 2. The molecule has 1 aliphatic rings. The first-order chi connectivity index (χ1) is 8.72. The summed E-state index contributed by atoms with van der Waals surface area (Å²) in [4.78, 5) is 11.9. The van der Waals surface area contributed by atoms with Gasteiger partial charge in [0.2, 0.25) is 0 Å². The molecule has 0 amide bonds. The van der Waals surface area contributed by atoms with Crippen LogP contribution in [0.3, 0.4) is 0 Å². The zero-order valence-corrected chi connectivity index (χ0v) is 10.1. The van der Waals surface area contributed by atoms with Crippen LogP contribution < -0.4 is 10.9 Å². The van der Waals surface area contributed by atoms with E-state index in [9.17, 15) is 4.79 Å². The van der Waals surface area contributed by atoms with Crippen LogP contribution in [0.4, 0.5) is 5.69 Å². The second kappa shape index (κ2) is 4.25. The zero-order valence-electron chi connectivity index (χ0n) is 10.1. The summed E-state index contributed by atoms with van der Waals surface area (Å²) in [5, 5.41) is 15.4. The van der Waals surface area contributed by atoms with E-state index in [0.29, 0.717) is 6.54 Å². The fourth-order valence-electron chi connectivity index (χ4n) is 2.08. The van der Waals surface area contributed by atoms with E-state index in [4.69, 9.17) is 0 Å². The van der Waals surface area contributed by atoms with Crippen molar-refractivity contribution >= 4 is 5.69 Å². The van der Waals surface area contributed by atoms with Crippen LogP contribution in [0.5, 0.6) is 0 Å². The van der Waals surface area contributed by atoms with E-state index in [1.54, 1.807) is 24.0 Å². The molecule has 2 aromatic rings. The number of hydrogen-bond donors (Lipinski definition) is 1. The van der Waals surface area contributed by atoms with E-state index in [1.807, 2.05) is 0 Å². The molecule has 0 unspecified atom stereocenters. The van der Waals surface area contributed by atoms with Crippen molar-refractivity contribution in [3.05, 3.63) is 34.0 Å². The maximum atomic E-state index is 11.9. The fourth-order valence-corrected chi connectivity index (χ4v) is 2.08. The van der Waals surface area contributed by atoms with Crippen LogP contribution in [-0.4, -0.2) is 31.3 Å². The summed E-state index contributed by atoms with van der Waals surface area (Å²) in [6.45, 7) is 1.27. The van der Waals surface area contributed by atoms with Crippen LogP contribution in [0.1, 0.15) is 17.8 Å². The summed E-state index contributed by atoms with van der Waals surface area (Å²) in [7, 11) is 1.80. The van der Waals surface area contributed by atoms with Crippen molar-refractivity contribution in [1.29, 1.82) is 0 Å². The molecular weight excluding hydrogens is 232 g/mol. The largest absolute Gasteiger partial charge is 0.383 e. The molecule has 0 spiro atoms. The first-order valence-electron chi connectivity index (χ1n) is 5.92. The predicted octanol–water partition coefficient (Wildman–Crippen LogP) is -0.222. The summed E-state index contributed by atoms with van der Waals surface area (Å²) in [5.74, 6) is 0. The zero-order chi connectivity index (χ0) is 12.5. The summed E-state index contributed by atoms with van der Waals surface area (Å²) in [6, 6.07) is 1.61. The lowest BCUT2D eigenvalue weighted by molar-refractivity contribution is 0.598. The van der Waals surface area contributed by atoms with Crippen molar-refractivity contribution in [3.63, 3.8) is 0 Å². The maximum absolute atomic E-state index is 11.9. The minimum absolute atomic E-state index is 0.117. The van der Waals surface area contributed by atoms with Gasteiger partial charge in [0.05, 0.1) is 24.1 Å². The summed E-state index contributed by atoms with van der Waals surface area (Å²) in [5.41, 5.74) is 2.43. The smallest absolute Gasteiger partial charge is 0.269 e. The van der Waals surface area contributed by atoms with Crippen LogP contribution in [0, 0.1) is 0 Å². The molecule has 94 valence electrons. The Labute approximate surface area is 103 Å². The Kier molecular flexibility index (Phi) is 2.58. The molecule has 0 saturated carbocycles. The van der Waals surface area contributed by atoms with E-state index in [2.05, 4.69) is 20.7 Å². The Balaban J connectivity index is 1.94. The third kappa shape index (κ3) is 1.99. The quantitative estimate of drug-likeness (QED) is 0.792. The highest BCUT2D eigenvalue weighted by atomic mass is 16.1. The highest BCUT2D eigenvalue weighted by Gasteiger charge is 2.13. The Morgan fingerprint density at radius 1 is 1.50 bits per heavy atom. The monoisotopic (exact) mass is 246 g/mol. The fraction of sp³-hybridized carbons (Fsp3) is 0.455. The number of nitrogens with one attached hydrogen (secondary N) is 1. The molecular formula is C11H14N6O. The van der Waals surface area contributed by atoms with Gasteiger partial charge in [-0.2, -0.15) is 5.10 Å². The van der Waals surface area contributed by atoms with Gasteiger partial charge >= 0.3 is 0 Å². The molecule has 18 heavy (non-hydrogen) atoms. The minimum atomic E-state index is -0.117. The molecule has 0 aromatic carbocycles. The van der Waals surface area contributed by atoms with E-state index in [-0.39, 0.29) is 5.56 Å². The van der Waals surface area contributed by atoms with E-state index in [0.717, 1.165) is 36.5 Å². The van der Waals surface area contributed by atoms with Crippen LogP contribution in [0.25, 0.3) is 0 Å². The average molecular weight is 246 g/mol. The number of fused-ring (bicyclic) bond motifs is 1. The Bertz CT molecular complexity index is 629. The van der Waals surface area contributed by atoms with Crippen molar-refractivity contribution in [1.82, 2.24) is 24.8 Å². The van der Waals surface area contributed by atoms with Gasteiger partial charge in [-0.05, 0) is 12.8 Å². The van der Waals surface area contributed by atoms with Crippen molar-refractivity contribution in [2.45, 2.75) is 19.4 Å². The number of aromatic nitrogens is 5.